The molecule has 0 saturated carbocycles. The van der Waals surface area contributed by atoms with Crippen LogP contribution in [0.15, 0.2) is 60.9 Å². The minimum absolute atomic E-state index is 0.337. The third-order valence-electron chi connectivity index (χ3n) is 6.37. The van der Waals surface area contributed by atoms with Crippen LogP contribution in [0.25, 0.3) is 0 Å². The summed E-state index contributed by atoms with van der Waals surface area (Å²) in [6.45, 7) is 8.45. The van der Waals surface area contributed by atoms with Gasteiger partial charge in [-0.2, -0.15) is 0 Å². The van der Waals surface area contributed by atoms with Crippen LogP contribution in [0.1, 0.15) is 36.2 Å². The van der Waals surface area contributed by atoms with Gasteiger partial charge in [0.2, 0.25) is 0 Å². The van der Waals surface area contributed by atoms with Gasteiger partial charge in [-0.25, -0.2) is 4.98 Å². The van der Waals surface area contributed by atoms with E-state index in [9.17, 15) is 5.11 Å². The minimum Gasteiger partial charge on any atom is -0.492 e. The third-order valence-corrected chi connectivity index (χ3v) is 6.37. The average molecular weight is 450 g/mol. The zero-order valence-electron chi connectivity index (χ0n) is 19.7. The molecule has 3 aromatic rings. The highest BCUT2D eigenvalue weighted by Crippen LogP contribution is 2.25. The van der Waals surface area contributed by atoms with Gasteiger partial charge in [0.25, 0.3) is 0 Å². The topological polar surface area (TPSA) is 59.8 Å². The number of hydrogen-bond donors (Lipinski definition) is 1. The molecule has 1 aliphatic rings. The normalized spacial score (nSPS) is 19.2. The molecule has 6 nitrogen and oxygen atoms in total. The summed E-state index contributed by atoms with van der Waals surface area (Å²) in [6, 6.07) is 16.3. The van der Waals surface area contributed by atoms with Crippen molar-refractivity contribution in [2.24, 2.45) is 0 Å². The lowest BCUT2D eigenvalue weighted by Gasteiger charge is -2.27. The maximum atomic E-state index is 11.1. The molecule has 1 N–H and O–H groups in total. The summed E-state index contributed by atoms with van der Waals surface area (Å²) in [7, 11) is 0. The number of hydrogen-bond acceptors (Lipinski definition) is 5. The molecule has 2 aromatic carbocycles. The summed E-state index contributed by atoms with van der Waals surface area (Å²) in [6.07, 6.45) is 6.20. The van der Waals surface area contributed by atoms with Crippen molar-refractivity contribution >= 4 is 0 Å². The fourth-order valence-corrected chi connectivity index (χ4v) is 4.28. The molecule has 0 radical (unpaired) electrons. The minimum atomic E-state index is -0.782. The molecule has 1 atom stereocenters. The molecule has 33 heavy (non-hydrogen) atoms. The van der Waals surface area contributed by atoms with Crippen LogP contribution >= 0.6 is 0 Å². The quantitative estimate of drug-likeness (QED) is 0.526. The molecular weight excluding hydrogens is 414 g/mol. The van der Waals surface area contributed by atoms with Gasteiger partial charge in [-0.1, -0.05) is 29.8 Å². The lowest BCUT2D eigenvalue weighted by molar-refractivity contribution is -0.0168. The molecule has 0 spiro atoms. The first-order valence-corrected chi connectivity index (χ1v) is 11.8. The number of likely N-dealkylation sites (tertiary alicyclic amines) is 1. The Balaban J connectivity index is 1.25. The lowest BCUT2D eigenvalue weighted by Crippen LogP contribution is -2.37. The molecule has 0 amide bonds. The Morgan fingerprint density at radius 1 is 1.00 bits per heavy atom. The van der Waals surface area contributed by atoms with Crippen molar-refractivity contribution in [3.8, 4) is 11.5 Å². The first-order valence-electron chi connectivity index (χ1n) is 11.8. The molecule has 4 rings (SSSR count). The second kappa shape index (κ2) is 10.9. The maximum Gasteiger partial charge on any atom is 0.119 e. The fraction of sp³-hybridized carbons (Fsp3) is 0.444. The van der Waals surface area contributed by atoms with Gasteiger partial charge in [0.15, 0.2) is 0 Å². The number of aryl methyl sites for hydroxylation is 2. The molecule has 0 aliphatic carbocycles. The highest BCUT2D eigenvalue weighted by molar-refractivity contribution is 5.28. The number of aliphatic hydroxyl groups is 1. The zero-order valence-corrected chi connectivity index (χ0v) is 19.7. The summed E-state index contributed by atoms with van der Waals surface area (Å²) in [5.41, 5.74) is 1.65. The van der Waals surface area contributed by atoms with Crippen molar-refractivity contribution in [1.82, 2.24) is 14.5 Å². The van der Waals surface area contributed by atoms with Gasteiger partial charge in [0.1, 0.15) is 30.5 Å². The van der Waals surface area contributed by atoms with Gasteiger partial charge in [-0.3, -0.25) is 4.90 Å². The number of nitrogens with zero attached hydrogens (tertiary/aromatic N) is 3. The predicted molar refractivity (Wildman–Crippen MR) is 130 cm³/mol. The van der Waals surface area contributed by atoms with E-state index in [4.69, 9.17) is 9.47 Å². The number of aromatic nitrogens is 2. The molecule has 1 fully saturated rings. The van der Waals surface area contributed by atoms with E-state index in [1.807, 2.05) is 49.6 Å². The van der Waals surface area contributed by atoms with Crippen LogP contribution in [0.4, 0.5) is 0 Å². The van der Waals surface area contributed by atoms with Crippen molar-refractivity contribution < 1.29 is 14.6 Å². The van der Waals surface area contributed by atoms with Crippen molar-refractivity contribution in [2.45, 2.75) is 51.8 Å². The Kier molecular flexibility index (Phi) is 7.68. The molecule has 1 saturated heterocycles. The van der Waals surface area contributed by atoms with E-state index in [1.165, 1.54) is 11.1 Å². The number of rotatable bonds is 9. The average Bonchev–Trinajstić information content (AvgIpc) is 3.12. The second-order valence-electron chi connectivity index (χ2n) is 9.12. The molecule has 0 unspecified atom stereocenters. The van der Waals surface area contributed by atoms with Crippen LogP contribution in [0.3, 0.4) is 0 Å². The van der Waals surface area contributed by atoms with Crippen LogP contribution in [0.5, 0.6) is 11.5 Å². The number of imidazole rings is 1. The van der Waals surface area contributed by atoms with Gasteiger partial charge >= 0.3 is 0 Å². The number of ether oxygens (including phenoxy) is 2. The largest absolute Gasteiger partial charge is 0.492 e. The summed E-state index contributed by atoms with van der Waals surface area (Å²) in [4.78, 5) is 6.66. The summed E-state index contributed by atoms with van der Waals surface area (Å²) in [5, 5.41) is 11.1. The molecule has 1 aromatic heterocycles. The van der Waals surface area contributed by atoms with Crippen molar-refractivity contribution in [3.05, 3.63) is 77.9 Å². The van der Waals surface area contributed by atoms with Gasteiger partial charge in [-0.15, -0.1) is 0 Å². The molecule has 176 valence electrons. The van der Waals surface area contributed by atoms with Crippen LogP contribution in [-0.4, -0.2) is 51.5 Å². The van der Waals surface area contributed by atoms with Gasteiger partial charge < -0.3 is 19.1 Å². The predicted octanol–water partition coefficient (Wildman–Crippen LogP) is 4.37. The van der Waals surface area contributed by atoms with Crippen LogP contribution in [0.2, 0.25) is 0 Å². The number of benzene rings is 2. The fourth-order valence-electron chi connectivity index (χ4n) is 4.28. The second-order valence-corrected chi connectivity index (χ2v) is 9.12. The Morgan fingerprint density at radius 2 is 1.85 bits per heavy atom. The molecular formula is C27H35N3O3. The summed E-state index contributed by atoms with van der Waals surface area (Å²) in [5.74, 6) is 2.70. The van der Waals surface area contributed by atoms with E-state index in [0.717, 1.165) is 56.3 Å². The zero-order chi connectivity index (χ0) is 23.1. The molecule has 2 heterocycles. The van der Waals surface area contributed by atoms with E-state index in [1.54, 1.807) is 0 Å². The van der Waals surface area contributed by atoms with E-state index >= 15 is 0 Å². The van der Waals surface area contributed by atoms with E-state index < -0.39 is 5.60 Å². The van der Waals surface area contributed by atoms with Gasteiger partial charge in [-0.05, 0) is 69.5 Å². The smallest absolute Gasteiger partial charge is 0.119 e. The summed E-state index contributed by atoms with van der Waals surface area (Å²) < 4.78 is 14.0. The van der Waals surface area contributed by atoms with Crippen molar-refractivity contribution in [2.75, 3.05) is 26.3 Å². The molecule has 0 bridgehead atoms. The monoisotopic (exact) mass is 449 g/mol. The van der Waals surface area contributed by atoms with Crippen LogP contribution in [0, 0.1) is 13.8 Å². The highest BCUT2D eigenvalue weighted by atomic mass is 16.5. The molecule has 6 heteroatoms. The Hall–Kier alpha value is -2.83. The van der Waals surface area contributed by atoms with Gasteiger partial charge in [0.05, 0.1) is 12.1 Å². The van der Waals surface area contributed by atoms with E-state index in [0.29, 0.717) is 19.6 Å². The standard InChI is InChI=1S/C27H35N3O3/c1-22-7-9-25(10-8-22)33-21-27(31)11-4-14-29(15-12-27)20-24-5-3-6-26(19-24)32-18-17-30-16-13-28-23(30)2/h3,5-10,13,16,19,31H,4,11-12,14-15,17-18,20-21H2,1-2H3/t27-/m0/s1. The summed E-state index contributed by atoms with van der Waals surface area (Å²) >= 11 is 0. The Bertz CT molecular complexity index is 1020. The van der Waals surface area contributed by atoms with Crippen molar-refractivity contribution in [3.63, 3.8) is 0 Å². The molecule has 1 aliphatic heterocycles. The van der Waals surface area contributed by atoms with Crippen LogP contribution < -0.4 is 9.47 Å². The Morgan fingerprint density at radius 3 is 2.64 bits per heavy atom. The first-order chi connectivity index (χ1) is 16.0. The first kappa shape index (κ1) is 23.3. The van der Waals surface area contributed by atoms with E-state index in [2.05, 4.69) is 39.6 Å². The van der Waals surface area contributed by atoms with Crippen molar-refractivity contribution in [1.29, 1.82) is 0 Å². The SMILES string of the molecule is Cc1ccc(OC[C@]2(O)CCCN(Cc3cccc(OCCn4ccnc4C)c3)CC2)cc1. The highest BCUT2D eigenvalue weighted by Gasteiger charge is 2.31. The lowest BCUT2D eigenvalue weighted by atomic mass is 9.96. The third kappa shape index (κ3) is 6.83. The Labute approximate surface area is 196 Å². The van der Waals surface area contributed by atoms with Crippen LogP contribution in [-0.2, 0) is 13.1 Å². The van der Waals surface area contributed by atoms with E-state index in [-0.39, 0.29) is 0 Å². The maximum absolute atomic E-state index is 11.1. The van der Waals surface area contributed by atoms with Gasteiger partial charge in [0, 0.05) is 25.5 Å².